The van der Waals surface area contributed by atoms with Crippen molar-refractivity contribution in [2.75, 3.05) is 5.32 Å². The van der Waals surface area contributed by atoms with Crippen LogP contribution in [0, 0.1) is 5.82 Å². The summed E-state index contributed by atoms with van der Waals surface area (Å²) in [6, 6.07) is 13.0. The molecular formula is C21H15FN4O3S. The third-order valence-electron chi connectivity index (χ3n) is 4.17. The average molecular weight is 422 g/mol. The third kappa shape index (κ3) is 4.11. The van der Waals surface area contributed by atoms with Gasteiger partial charge in [-0.15, -0.1) is 11.3 Å². The van der Waals surface area contributed by atoms with Gasteiger partial charge < -0.3 is 10.2 Å². The molecule has 0 fully saturated rings. The molecule has 3 N–H and O–H groups in total. The minimum Gasteiger partial charge on any atom is -0.436 e. The van der Waals surface area contributed by atoms with E-state index in [1.165, 1.54) is 23.6 Å². The highest BCUT2D eigenvalue weighted by Gasteiger charge is 2.19. The van der Waals surface area contributed by atoms with Crippen LogP contribution in [0.5, 0.6) is 0 Å². The van der Waals surface area contributed by atoms with Gasteiger partial charge in [-0.05, 0) is 24.3 Å². The van der Waals surface area contributed by atoms with E-state index in [0.717, 1.165) is 0 Å². The van der Waals surface area contributed by atoms with Crippen molar-refractivity contribution >= 4 is 28.3 Å². The smallest absolute Gasteiger partial charge is 0.258 e. The predicted octanol–water partition coefficient (Wildman–Crippen LogP) is 3.88. The molecule has 0 radical (unpaired) electrons. The van der Waals surface area contributed by atoms with E-state index in [4.69, 9.17) is 10.2 Å². The molecule has 150 valence electrons. The molecule has 0 bridgehead atoms. The van der Waals surface area contributed by atoms with Crippen molar-refractivity contribution in [1.29, 1.82) is 0 Å². The number of hydrogen-bond donors (Lipinski definition) is 2. The fraction of sp³-hybridized carbons (Fsp3) is 0.0476. The lowest BCUT2D eigenvalue weighted by Crippen LogP contribution is -2.15. The number of nitrogens with one attached hydrogen (secondary N) is 1. The zero-order chi connectivity index (χ0) is 21.1. The zero-order valence-corrected chi connectivity index (χ0v) is 16.3. The minimum absolute atomic E-state index is 0.00189. The monoisotopic (exact) mass is 422 g/mol. The zero-order valence-electron chi connectivity index (χ0n) is 15.5. The highest BCUT2D eigenvalue weighted by atomic mass is 32.1. The van der Waals surface area contributed by atoms with Crippen molar-refractivity contribution in [2.45, 2.75) is 6.42 Å². The van der Waals surface area contributed by atoms with Gasteiger partial charge in [0.25, 0.3) is 5.91 Å². The number of nitrogens with two attached hydrogens (primary N) is 1. The second-order valence-electron chi connectivity index (χ2n) is 6.30. The summed E-state index contributed by atoms with van der Waals surface area (Å²) in [6.07, 6.45) is 1.41. The molecule has 4 rings (SSSR count). The Morgan fingerprint density at radius 3 is 2.60 bits per heavy atom. The van der Waals surface area contributed by atoms with E-state index >= 15 is 0 Å². The molecule has 30 heavy (non-hydrogen) atoms. The summed E-state index contributed by atoms with van der Waals surface area (Å²) in [5, 5.41) is 4.69. The van der Waals surface area contributed by atoms with E-state index < -0.39 is 17.6 Å². The Morgan fingerprint density at radius 2 is 1.83 bits per heavy atom. The van der Waals surface area contributed by atoms with Gasteiger partial charge in [0.05, 0.1) is 29.4 Å². The molecule has 7 nitrogen and oxygen atoms in total. The van der Waals surface area contributed by atoms with Gasteiger partial charge in [-0.25, -0.2) is 14.4 Å². The van der Waals surface area contributed by atoms with Gasteiger partial charge in [-0.3, -0.25) is 14.9 Å². The fourth-order valence-corrected chi connectivity index (χ4v) is 3.55. The van der Waals surface area contributed by atoms with Gasteiger partial charge in [0, 0.05) is 10.9 Å². The van der Waals surface area contributed by atoms with E-state index in [9.17, 15) is 14.0 Å². The Labute approximate surface area is 174 Å². The van der Waals surface area contributed by atoms with Gasteiger partial charge in [0.2, 0.25) is 11.8 Å². The van der Waals surface area contributed by atoms with E-state index in [2.05, 4.69) is 15.3 Å². The van der Waals surface area contributed by atoms with Crippen molar-refractivity contribution in [2.24, 2.45) is 5.73 Å². The quantitative estimate of drug-likeness (QED) is 0.490. The molecule has 2 heterocycles. The Hall–Kier alpha value is -3.85. The van der Waals surface area contributed by atoms with Crippen LogP contribution in [0.25, 0.3) is 22.8 Å². The highest BCUT2D eigenvalue weighted by molar-refractivity contribution is 7.14. The highest BCUT2D eigenvalue weighted by Crippen LogP contribution is 2.30. The first kappa shape index (κ1) is 19.5. The van der Waals surface area contributed by atoms with Crippen LogP contribution in [0.4, 0.5) is 9.52 Å². The van der Waals surface area contributed by atoms with Gasteiger partial charge in [-0.2, -0.15) is 0 Å². The average Bonchev–Trinajstić information content (AvgIpc) is 3.38. The van der Waals surface area contributed by atoms with Crippen LogP contribution in [0.1, 0.15) is 16.1 Å². The molecule has 2 aromatic heterocycles. The first-order valence-electron chi connectivity index (χ1n) is 8.85. The lowest BCUT2D eigenvalue weighted by molar-refractivity contribution is -0.117. The fourth-order valence-electron chi connectivity index (χ4n) is 2.84. The Bertz CT molecular complexity index is 1230. The number of carbonyl (C=O) groups excluding carboxylic acids is 2. The summed E-state index contributed by atoms with van der Waals surface area (Å²) in [7, 11) is 0. The van der Waals surface area contributed by atoms with Crippen LogP contribution in [-0.2, 0) is 11.2 Å². The molecule has 9 heteroatoms. The van der Waals surface area contributed by atoms with Crippen LogP contribution in [0.15, 0.2) is 64.5 Å². The van der Waals surface area contributed by atoms with Gasteiger partial charge in [0.15, 0.2) is 10.9 Å². The molecule has 0 saturated carbocycles. The number of oxazole rings is 1. The number of thiazole rings is 1. The Balaban J connectivity index is 1.60. The summed E-state index contributed by atoms with van der Waals surface area (Å²) in [5.41, 5.74) is 6.69. The predicted molar refractivity (Wildman–Crippen MR) is 110 cm³/mol. The number of carbonyl (C=O) groups is 2. The normalized spacial score (nSPS) is 10.7. The topological polar surface area (TPSA) is 111 Å². The van der Waals surface area contributed by atoms with Crippen molar-refractivity contribution in [3.05, 3.63) is 77.2 Å². The second-order valence-corrected chi connectivity index (χ2v) is 7.15. The maximum absolute atomic E-state index is 14.0. The number of hydrogen-bond acceptors (Lipinski definition) is 6. The maximum atomic E-state index is 14.0. The summed E-state index contributed by atoms with van der Waals surface area (Å²) < 4.78 is 19.8. The van der Waals surface area contributed by atoms with Crippen LogP contribution >= 0.6 is 11.3 Å². The van der Waals surface area contributed by atoms with E-state index in [1.807, 2.05) is 0 Å². The molecule has 0 aliphatic carbocycles. The van der Waals surface area contributed by atoms with E-state index in [-0.39, 0.29) is 23.6 Å². The number of aromatic nitrogens is 2. The van der Waals surface area contributed by atoms with Gasteiger partial charge in [-0.1, -0.05) is 24.3 Å². The molecule has 2 aromatic carbocycles. The number of amides is 2. The second kappa shape index (κ2) is 8.26. The van der Waals surface area contributed by atoms with Crippen LogP contribution in [0.2, 0.25) is 0 Å². The largest absolute Gasteiger partial charge is 0.436 e. The number of nitrogens with zero attached hydrogens (tertiary/aromatic N) is 2. The van der Waals surface area contributed by atoms with Gasteiger partial charge >= 0.3 is 0 Å². The molecule has 0 spiro atoms. The molecule has 0 aliphatic rings. The van der Waals surface area contributed by atoms with Crippen LogP contribution < -0.4 is 11.1 Å². The Morgan fingerprint density at radius 1 is 1.10 bits per heavy atom. The lowest BCUT2D eigenvalue weighted by Gasteiger charge is -2.06. The molecular weight excluding hydrogens is 407 g/mol. The van der Waals surface area contributed by atoms with E-state index in [0.29, 0.717) is 22.0 Å². The number of anilines is 1. The summed E-state index contributed by atoms with van der Waals surface area (Å²) >= 11 is 1.19. The minimum atomic E-state index is -0.502. The number of rotatable bonds is 6. The standard InChI is InChI=1S/C21H15FN4O3S/c22-16-8-4-3-7-15(16)17-10-24-20(29-17)14-6-2-1-5-13(14)19(28)26-21-25-12(11-30-21)9-18(23)27/h1-8,10-11H,9H2,(H2,23,27)(H,25,26,28). The summed E-state index contributed by atoms with van der Waals surface area (Å²) in [6.45, 7) is 0. The van der Waals surface area contributed by atoms with Crippen molar-refractivity contribution in [1.82, 2.24) is 9.97 Å². The van der Waals surface area contributed by atoms with E-state index in [1.54, 1.807) is 47.8 Å². The number of halogens is 1. The SMILES string of the molecule is NC(=O)Cc1csc(NC(=O)c2ccccc2-c2ncc(-c3ccccc3F)o2)n1. The van der Waals surface area contributed by atoms with Crippen LogP contribution in [0.3, 0.4) is 0 Å². The van der Waals surface area contributed by atoms with Crippen molar-refractivity contribution < 1.29 is 18.4 Å². The molecule has 2 amide bonds. The molecule has 0 atom stereocenters. The molecule has 4 aromatic rings. The number of primary amides is 1. The van der Waals surface area contributed by atoms with Gasteiger partial charge in [0.1, 0.15) is 5.82 Å². The third-order valence-corrected chi connectivity index (χ3v) is 4.98. The Kier molecular flexibility index (Phi) is 5.36. The first-order valence-corrected chi connectivity index (χ1v) is 9.73. The lowest BCUT2D eigenvalue weighted by atomic mass is 10.1. The molecule has 0 aliphatic heterocycles. The molecule has 0 unspecified atom stereocenters. The first-order chi connectivity index (χ1) is 14.5. The van der Waals surface area contributed by atoms with Crippen LogP contribution in [-0.4, -0.2) is 21.8 Å². The van der Waals surface area contributed by atoms with Crippen molar-refractivity contribution in [3.63, 3.8) is 0 Å². The summed E-state index contributed by atoms with van der Waals surface area (Å²) in [5.74, 6) is -0.905. The molecule has 0 saturated heterocycles. The van der Waals surface area contributed by atoms with Crippen molar-refractivity contribution in [3.8, 4) is 22.8 Å². The maximum Gasteiger partial charge on any atom is 0.258 e. The summed E-state index contributed by atoms with van der Waals surface area (Å²) in [4.78, 5) is 32.2. The number of benzene rings is 2.